The third kappa shape index (κ3) is 4.51. The average molecular weight is 447 g/mol. The number of amides is 1. The van der Waals surface area contributed by atoms with E-state index in [1.165, 1.54) is 11.8 Å². The molecule has 0 unspecified atom stereocenters. The van der Waals surface area contributed by atoms with E-state index in [0.29, 0.717) is 52.5 Å². The maximum absolute atomic E-state index is 14.0. The smallest absolute Gasteiger partial charge is 0.258 e. The Hall–Kier alpha value is -2.68. The highest BCUT2D eigenvalue weighted by molar-refractivity contribution is 7.98. The number of oxazole rings is 1. The number of nitrogens with zero attached hydrogens (tertiary/aromatic N) is 3. The normalized spacial score (nSPS) is 16.4. The first-order chi connectivity index (χ1) is 14.8. The van der Waals surface area contributed by atoms with Crippen molar-refractivity contribution < 1.29 is 18.0 Å². The standard InChI is InChI=1S/C22H24F2N4O2S/c1-13-19(21(29)27-15-5-8-25-18(11-15)31-3)16(12-17-20(13)26-14(2)30-17)28-9-4-6-22(23,24)7-10-28/h5,8,11-12H,4,6-7,9-10H2,1-3H3,(H,25,27,29). The number of halogens is 2. The van der Waals surface area contributed by atoms with Crippen LogP contribution >= 0.6 is 11.8 Å². The first-order valence-corrected chi connectivity index (χ1v) is 11.3. The van der Waals surface area contributed by atoms with E-state index in [0.717, 1.165) is 5.03 Å². The summed E-state index contributed by atoms with van der Waals surface area (Å²) in [5.74, 6) is -2.52. The average Bonchev–Trinajstić information content (AvgIpc) is 3.01. The van der Waals surface area contributed by atoms with E-state index in [-0.39, 0.29) is 25.3 Å². The summed E-state index contributed by atoms with van der Waals surface area (Å²) in [4.78, 5) is 23.9. The van der Waals surface area contributed by atoms with Gasteiger partial charge in [0.05, 0.1) is 16.3 Å². The van der Waals surface area contributed by atoms with Crippen molar-refractivity contribution in [1.82, 2.24) is 9.97 Å². The topological polar surface area (TPSA) is 71.3 Å². The highest BCUT2D eigenvalue weighted by atomic mass is 32.2. The maximum atomic E-state index is 14.0. The fourth-order valence-electron chi connectivity index (χ4n) is 3.95. The van der Waals surface area contributed by atoms with Gasteiger partial charge in [0.25, 0.3) is 5.91 Å². The summed E-state index contributed by atoms with van der Waals surface area (Å²) in [7, 11) is 0. The van der Waals surface area contributed by atoms with Gasteiger partial charge >= 0.3 is 0 Å². The van der Waals surface area contributed by atoms with Gasteiger partial charge in [0.2, 0.25) is 5.92 Å². The summed E-state index contributed by atoms with van der Waals surface area (Å²) in [5, 5.41) is 3.72. The number of thioether (sulfide) groups is 1. The van der Waals surface area contributed by atoms with E-state index in [1.54, 1.807) is 31.3 Å². The molecule has 1 fully saturated rings. The Bertz CT molecular complexity index is 1130. The molecule has 1 aliphatic heterocycles. The largest absolute Gasteiger partial charge is 0.441 e. The molecule has 1 aromatic carbocycles. The van der Waals surface area contributed by atoms with Crippen LogP contribution in [-0.2, 0) is 0 Å². The lowest BCUT2D eigenvalue weighted by molar-refractivity contribution is -0.0102. The third-order valence-electron chi connectivity index (χ3n) is 5.50. The number of alkyl halides is 2. The van der Waals surface area contributed by atoms with Crippen LogP contribution in [0, 0.1) is 13.8 Å². The number of carbonyl (C=O) groups is 1. The molecule has 1 amide bonds. The molecule has 3 heterocycles. The van der Waals surface area contributed by atoms with Crippen molar-refractivity contribution in [3.05, 3.63) is 41.4 Å². The predicted octanol–water partition coefficient (Wildman–Crippen LogP) is 5.44. The van der Waals surface area contributed by atoms with Crippen LogP contribution in [0.3, 0.4) is 0 Å². The van der Waals surface area contributed by atoms with Gasteiger partial charge in [0, 0.05) is 50.8 Å². The summed E-state index contributed by atoms with van der Waals surface area (Å²) in [5.41, 5.74) is 3.45. The van der Waals surface area contributed by atoms with Gasteiger partial charge in [-0.05, 0) is 37.3 Å². The van der Waals surface area contributed by atoms with Crippen molar-refractivity contribution >= 4 is 40.1 Å². The second-order valence-corrected chi connectivity index (χ2v) is 8.54. The number of carbonyl (C=O) groups excluding carboxylic acids is 1. The number of hydrogen-bond acceptors (Lipinski definition) is 6. The molecule has 9 heteroatoms. The van der Waals surface area contributed by atoms with Crippen molar-refractivity contribution in [2.75, 3.05) is 29.6 Å². The quantitative estimate of drug-likeness (QED) is 0.538. The minimum atomic E-state index is -2.69. The Morgan fingerprint density at radius 2 is 2.06 bits per heavy atom. The number of benzene rings is 1. The number of hydrogen-bond donors (Lipinski definition) is 1. The fourth-order valence-corrected chi connectivity index (χ4v) is 4.36. The van der Waals surface area contributed by atoms with Crippen molar-refractivity contribution in [3.63, 3.8) is 0 Å². The van der Waals surface area contributed by atoms with Gasteiger partial charge in [-0.3, -0.25) is 4.79 Å². The van der Waals surface area contributed by atoms with E-state index in [1.807, 2.05) is 18.1 Å². The van der Waals surface area contributed by atoms with Crippen LogP contribution in [0.25, 0.3) is 11.1 Å². The van der Waals surface area contributed by atoms with Crippen LogP contribution in [0.15, 0.2) is 33.8 Å². The van der Waals surface area contributed by atoms with Gasteiger partial charge in [0.15, 0.2) is 11.5 Å². The molecule has 0 atom stereocenters. The molecule has 6 nitrogen and oxygen atoms in total. The van der Waals surface area contributed by atoms with Gasteiger partial charge in [-0.2, -0.15) is 0 Å². The lowest BCUT2D eigenvalue weighted by Crippen LogP contribution is -2.29. The minimum Gasteiger partial charge on any atom is -0.441 e. The molecule has 0 saturated carbocycles. The number of aromatic nitrogens is 2. The van der Waals surface area contributed by atoms with Crippen LogP contribution < -0.4 is 10.2 Å². The molecule has 0 bridgehead atoms. The third-order valence-corrected chi connectivity index (χ3v) is 6.14. The summed E-state index contributed by atoms with van der Waals surface area (Å²) in [6.07, 6.45) is 3.49. The van der Waals surface area contributed by atoms with Crippen LogP contribution in [0.5, 0.6) is 0 Å². The highest BCUT2D eigenvalue weighted by Gasteiger charge is 2.33. The van der Waals surface area contributed by atoms with E-state index in [4.69, 9.17) is 4.42 Å². The summed E-state index contributed by atoms with van der Waals surface area (Å²) in [6.45, 7) is 4.16. The summed E-state index contributed by atoms with van der Waals surface area (Å²) < 4.78 is 33.6. The first-order valence-electron chi connectivity index (χ1n) is 10.1. The summed E-state index contributed by atoms with van der Waals surface area (Å²) in [6, 6.07) is 5.27. The molecule has 0 radical (unpaired) electrons. The van der Waals surface area contributed by atoms with Gasteiger partial charge in [-0.15, -0.1) is 11.8 Å². The zero-order valence-electron chi connectivity index (χ0n) is 17.7. The molecule has 1 saturated heterocycles. The van der Waals surface area contributed by atoms with Crippen LogP contribution in [0.1, 0.15) is 41.1 Å². The molecular formula is C22H24F2N4O2S. The van der Waals surface area contributed by atoms with Crippen LogP contribution in [0.4, 0.5) is 20.2 Å². The second-order valence-electron chi connectivity index (χ2n) is 7.71. The van der Waals surface area contributed by atoms with E-state index in [2.05, 4.69) is 15.3 Å². The van der Waals surface area contributed by atoms with Crippen molar-refractivity contribution in [1.29, 1.82) is 0 Å². The summed E-state index contributed by atoms with van der Waals surface area (Å²) >= 11 is 1.48. The fraction of sp³-hybridized carbons (Fsp3) is 0.409. The number of fused-ring (bicyclic) bond motifs is 1. The molecule has 2 aromatic heterocycles. The lowest BCUT2D eigenvalue weighted by Gasteiger charge is -2.26. The molecule has 3 aromatic rings. The molecular weight excluding hydrogens is 422 g/mol. The molecule has 164 valence electrons. The number of nitrogens with one attached hydrogen (secondary N) is 1. The van der Waals surface area contributed by atoms with Crippen LogP contribution in [0.2, 0.25) is 0 Å². The van der Waals surface area contributed by atoms with Gasteiger partial charge in [-0.25, -0.2) is 18.7 Å². The first kappa shape index (κ1) is 21.5. The molecule has 0 spiro atoms. The van der Waals surface area contributed by atoms with E-state index >= 15 is 0 Å². The number of aryl methyl sites for hydroxylation is 2. The van der Waals surface area contributed by atoms with Crippen molar-refractivity contribution in [3.8, 4) is 0 Å². The Morgan fingerprint density at radius 1 is 1.26 bits per heavy atom. The molecule has 31 heavy (non-hydrogen) atoms. The number of pyridine rings is 1. The zero-order valence-corrected chi connectivity index (χ0v) is 18.5. The molecule has 4 rings (SSSR count). The molecule has 1 aliphatic rings. The maximum Gasteiger partial charge on any atom is 0.258 e. The Kier molecular flexibility index (Phi) is 5.88. The van der Waals surface area contributed by atoms with Gasteiger partial charge in [0.1, 0.15) is 5.52 Å². The zero-order chi connectivity index (χ0) is 22.2. The minimum absolute atomic E-state index is 0.151. The number of anilines is 2. The van der Waals surface area contributed by atoms with Gasteiger partial charge < -0.3 is 14.6 Å². The Morgan fingerprint density at radius 3 is 2.84 bits per heavy atom. The van der Waals surface area contributed by atoms with Crippen molar-refractivity contribution in [2.45, 2.75) is 44.1 Å². The van der Waals surface area contributed by atoms with E-state index < -0.39 is 5.92 Å². The number of rotatable bonds is 4. The monoisotopic (exact) mass is 446 g/mol. The second kappa shape index (κ2) is 8.45. The highest BCUT2D eigenvalue weighted by Crippen LogP contribution is 2.36. The van der Waals surface area contributed by atoms with Crippen LogP contribution in [-0.4, -0.2) is 41.1 Å². The molecule has 1 N–H and O–H groups in total. The lowest BCUT2D eigenvalue weighted by atomic mass is 10.0. The Labute approximate surface area is 183 Å². The SMILES string of the molecule is CSc1cc(NC(=O)c2c(N3CCCC(F)(F)CC3)cc3oc(C)nc3c2C)ccn1. The predicted molar refractivity (Wildman–Crippen MR) is 118 cm³/mol. The van der Waals surface area contributed by atoms with E-state index in [9.17, 15) is 13.6 Å². The van der Waals surface area contributed by atoms with Gasteiger partial charge in [-0.1, -0.05) is 0 Å². The Balaban J connectivity index is 1.77. The molecule has 0 aliphatic carbocycles. The van der Waals surface area contributed by atoms with Crippen molar-refractivity contribution in [2.24, 2.45) is 0 Å².